The van der Waals surface area contributed by atoms with Gasteiger partial charge in [-0.3, -0.25) is 4.79 Å². The van der Waals surface area contributed by atoms with Crippen molar-refractivity contribution in [2.45, 2.75) is 39.7 Å². The Hall–Kier alpha value is -2.54. The zero-order valence-corrected chi connectivity index (χ0v) is 16.3. The molecule has 7 heteroatoms. The van der Waals surface area contributed by atoms with Crippen LogP contribution in [0.3, 0.4) is 0 Å². The number of carbonyl (C=O) groups is 1. The van der Waals surface area contributed by atoms with Crippen LogP contribution in [0.4, 0.5) is 0 Å². The minimum absolute atomic E-state index is 0.0538. The SMILES string of the molecule is CCc1nc(CN(C)C(=O)c2cnn(-c3ccccn3)c2C(C)C)cs1. The summed E-state index contributed by atoms with van der Waals surface area (Å²) in [6, 6.07) is 5.66. The summed E-state index contributed by atoms with van der Waals surface area (Å²) in [7, 11) is 1.80. The van der Waals surface area contributed by atoms with Crippen LogP contribution >= 0.6 is 11.3 Å². The first kappa shape index (κ1) is 18.3. The van der Waals surface area contributed by atoms with E-state index < -0.39 is 0 Å². The summed E-state index contributed by atoms with van der Waals surface area (Å²) in [5.74, 6) is 0.796. The van der Waals surface area contributed by atoms with Crippen LogP contribution in [0.1, 0.15) is 53.4 Å². The minimum atomic E-state index is -0.0538. The normalized spacial score (nSPS) is 11.1. The monoisotopic (exact) mass is 369 g/mol. The maximum atomic E-state index is 13.0. The maximum Gasteiger partial charge on any atom is 0.257 e. The third-order valence-corrected chi connectivity index (χ3v) is 5.14. The number of hydrogen-bond acceptors (Lipinski definition) is 5. The van der Waals surface area contributed by atoms with Crippen molar-refractivity contribution in [3.63, 3.8) is 0 Å². The summed E-state index contributed by atoms with van der Waals surface area (Å²) >= 11 is 1.63. The average Bonchev–Trinajstić information content (AvgIpc) is 3.28. The molecule has 0 aliphatic rings. The number of nitrogens with zero attached hydrogens (tertiary/aromatic N) is 5. The third kappa shape index (κ3) is 3.67. The van der Waals surface area contributed by atoms with Gasteiger partial charge in [0.05, 0.1) is 34.7 Å². The van der Waals surface area contributed by atoms with Crippen LogP contribution in [0.5, 0.6) is 0 Å². The van der Waals surface area contributed by atoms with Gasteiger partial charge in [0.1, 0.15) is 0 Å². The van der Waals surface area contributed by atoms with Gasteiger partial charge in [0.25, 0.3) is 5.91 Å². The largest absolute Gasteiger partial charge is 0.336 e. The van der Waals surface area contributed by atoms with Crippen molar-refractivity contribution >= 4 is 17.2 Å². The Morgan fingerprint density at radius 2 is 2.15 bits per heavy atom. The highest BCUT2D eigenvalue weighted by Crippen LogP contribution is 2.24. The van der Waals surface area contributed by atoms with Gasteiger partial charge in [-0.2, -0.15) is 5.10 Å². The van der Waals surface area contributed by atoms with Crippen molar-refractivity contribution in [2.24, 2.45) is 0 Å². The fourth-order valence-corrected chi connectivity index (χ4v) is 3.58. The molecule has 0 saturated carbocycles. The molecule has 0 radical (unpaired) electrons. The number of carbonyl (C=O) groups excluding carboxylic acids is 1. The predicted octanol–water partition coefficient (Wildman–Crippen LogP) is 3.68. The lowest BCUT2D eigenvalue weighted by molar-refractivity contribution is 0.0782. The van der Waals surface area contributed by atoms with Gasteiger partial charge < -0.3 is 4.90 Å². The molecule has 0 spiro atoms. The van der Waals surface area contributed by atoms with E-state index in [9.17, 15) is 4.79 Å². The second-order valence-electron chi connectivity index (χ2n) is 6.45. The summed E-state index contributed by atoms with van der Waals surface area (Å²) in [6.07, 6.45) is 4.28. The van der Waals surface area contributed by atoms with E-state index in [0.717, 1.165) is 22.8 Å². The maximum absolute atomic E-state index is 13.0. The van der Waals surface area contributed by atoms with Crippen molar-refractivity contribution in [1.29, 1.82) is 0 Å². The molecule has 0 unspecified atom stereocenters. The highest BCUT2D eigenvalue weighted by atomic mass is 32.1. The Kier molecular flexibility index (Phi) is 5.46. The molecule has 0 atom stereocenters. The van der Waals surface area contributed by atoms with E-state index in [4.69, 9.17) is 0 Å². The number of pyridine rings is 1. The van der Waals surface area contributed by atoms with Crippen LogP contribution in [-0.4, -0.2) is 37.6 Å². The van der Waals surface area contributed by atoms with Gasteiger partial charge in [0.15, 0.2) is 5.82 Å². The lowest BCUT2D eigenvalue weighted by Crippen LogP contribution is -2.27. The molecule has 0 aliphatic heterocycles. The first-order valence-corrected chi connectivity index (χ1v) is 9.57. The Bertz CT molecular complexity index is 884. The number of thiazole rings is 1. The number of amides is 1. The van der Waals surface area contributed by atoms with E-state index in [1.54, 1.807) is 40.4 Å². The van der Waals surface area contributed by atoms with Gasteiger partial charge in [-0.25, -0.2) is 14.6 Å². The highest BCUT2D eigenvalue weighted by Gasteiger charge is 2.24. The van der Waals surface area contributed by atoms with Gasteiger partial charge >= 0.3 is 0 Å². The zero-order valence-electron chi connectivity index (χ0n) is 15.5. The first-order chi connectivity index (χ1) is 12.5. The molecule has 0 saturated heterocycles. The predicted molar refractivity (Wildman–Crippen MR) is 103 cm³/mol. The molecule has 0 fully saturated rings. The smallest absolute Gasteiger partial charge is 0.257 e. The Balaban J connectivity index is 1.88. The fourth-order valence-electron chi connectivity index (χ4n) is 2.84. The van der Waals surface area contributed by atoms with E-state index in [-0.39, 0.29) is 11.8 Å². The molecule has 0 aromatic carbocycles. The lowest BCUT2D eigenvalue weighted by atomic mass is 10.0. The minimum Gasteiger partial charge on any atom is -0.336 e. The fraction of sp³-hybridized carbons (Fsp3) is 0.368. The Labute approximate surface area is 157 Å². The first-order valence-electron chi connectivity index (χ1n) is 8.69. The summed E-state index contributed by atoms with van der Waals surface area (Å²) in [5.41, 5.74) is 2.40. The van der Waals surface area contributed by atoms with E-state index >= 15 is 0 Å². The molecular weight excluding hydrogens is 346 g/mol. The van der Waals surface area contributed by atoms with Crippen molar-refractivity contribution < 1.29 is 4.79 Å². The Morgan fingerprint density at radius 1 is 1.35 bits per heavy atom. The van der Waals surface area contributed by atoms with Gasteiger partial charge in [-0.05, 0) is 24.5 Å². The number of rotatable bonds is 6. The molecule has 3 heterocycles. The van der Waals surface area contributed by atoms with Gasteiger partial charge in [-0.15, -0.1) is 11.3 Å². The number of aryl methyl sites for hydroxylation is 1. The molecule has 0 N–H and O–H groups in total. The van der Waals surface area contributed by atoms with Crippen LogP contribution in [0.15, 0.2) is 36.0 Å². The van der Waals surface area contributed by atoms with Crippen LogP contribution in [0.2, 0.25) is 0 Å². The lowest BCUT2D eigenvalue weighted by Gasteiger charge is -2.18. The molecule has 0 bridgehead atoms. The van der Waals surface area contributed by atoms with Crippen LogP contribution in [0, 0.1) is 0 Å². The standard InChI is InChI=1S/C19H23N5OS/c1-5-17-22-14(12-26-17)11-23(4)19(25)15-10-21-24(18(15)13(2)3)16-8-6-7-9-20-16/h6-10,12-13H,5,11H2,1-4H3. The number of hydrogen-bond donors (Lipinski definition) is 0. The van der Waals surface area contributed by atoms with E-state index in [1.807, 2.05) is 23.6 Å². The van der Waals surface area contributed by atoms with E-state index in [0.29, 0.717) is 17.9 Å². The van der Waals surface area contributed by atoms with E-state index in [1.165, 1.54) is 0 Å². The summed E-state index contributed by atoms with van der Waals surface area (Å²) in [6.45, 7) is 6.68. The molecule has 3 aromatic heterocycles. The van der Waals surface area contributed by atoms with Crippen LogP contribution in [0.25, 0.3) is 5.82 Å². The van der Waals surface area contributed by atoms with Gasteiger partial charge in [-0.1, -0.05) is 26.8 Å². The molecule has 26 heavy (non-hydrogen) atoms. The average molecular weight is 369 g/mol. The van der Waals surface area contributed by atoms with Gasteiger partial charge in [0, 0.05) is 18.6 Å². The second kappa shape index (κ2) is 7.78. The molecule has 136 valence electrons. The number of aromatic nitrogens is 4. The molecule has 3 aromatic rings. The topological polar surface area (TPSA) is 63.9 Å². The summed E-state index contributed by atoms with van der Waals surface area (Å²) in [5, 5.41) is 7.54. The molecule has 0 aliphatic carbocycles. The van der Waals surface area contributed by atoms with Crippen molar-refractivity contribution in [1.82, 2.24) is 24.6 Å². The van der Waals surface area contributed by atoms with Crippen molar-refractivity contribution in [3.05, 3.63) is 57.9 Å². The zero-order chi connectivity index (χ0) is 18.7. The molecule has 1 amide bonds. The summed E-state index contributed by atoms with van der Waals surface area (Å²) in [4.78, 5) is 23.6. The quantitative estimate of drug-likeness (QED) is 0.665. The molecule has 6 nitrogen and oxygen atoms in total. The van der Waals surface area contributed by atoms with Crippen LogP contribution < -0.4 is 0 Å². The van der Waals surface area contributed by atoms with E-state index in [2.05, 4.69) is 35.8 Å². The third-order valence-electron chi connectivity index (χ3n) is 4.10. The second-order valence-corrected chi connectivity index (χ2v) is 7.39. The summed E-state index contributed by atoms with van der Waals surface area (Å²) < 4.78 is 1.75. The Morgan fingerprint density at radius 3 is 2.77 bits per heavy atom. The molecular formula is C19H23N5OS. The highest BCUT2D eigenvalue weighted by molar-refractivity contribution is 7.09. The van der Waals surface area contributed by atoms with Crippen molar-refractivity contribution in [2.75, 3.05) is 7.05 Å². The van der Waals surface area contributed by atoms with Gasteiger partial charge in [0.2, 0.25) is 0 Å². The van der Waals surface area contributed by atoms with Crippen molar-refractivity contribution in [3.8, 4) is 5.82 Å². The molecule has 3 rings (SSSR count). The van der Waals surface area contributed by atoms with Crippen LogP contribution in [-0.2, 0) is 13.0 Å².